The number of hydrogen-bond acceptors (Lipinski definition) is 4. The highest BCUT2D eigenvalue weighted by atomic mass is 16.5. The molecule has 1 aliphatic rings. The van der Waals surface area contributed by atoms with Gasteiger partial charge >= 0.3 is 5.97 Å². The fraction of sp³-hybridized carbons (Fsp3) is 0.462. The molecule has 0 radical (unpaired) electrons. The van der Waals surface area contributed by atoms with Crippen LogP contribution in [0.15, 0.2) is 23.1 Å². The molecule has 1 saturated heterocycles. The molecule has 0 spiro atoms. The van der Waals surface area contributed by atoms with Crippen molar-refractivity contribution in [2.24, 2.45) is 0 Å². The molecule has 1 aromatic rings. The van der Waals surface area contributed by atoms with Gasteiger partial charge in [-0.1, -0.05) is 0 Å². The summed E-state index contributed by atoms with van der Waals surface area (Å²) in [4.78, 5) is 39.2. The number of nitrogens with one attached hydrogen (secondary N) is 1. The van der Waals surface area contributed by atoms with E-state index in [4.69, 9.17) is 4.74 Å². The first-order valence-corrected chi connectivity index (χ1v) is 6.21. The van der Waals surface area contributed by atoms with Crippen LogP contribution in [0.3, 0.4) is 0 Å². The molecule has 1 aromatic heterocycles. The van der Waals surface area contributed by atoms with Gasteiger partial charge in [-0.05, 0) is 25.3 Å². The number of carbonyl (C=O) groups excluding carboxylic acids is 2. The van der Waals surface area contributed by atoms with Crippen LogP contribution < -0.4 is 5.56 Å². The van der Waals surface area contributed by atoms with E-state index in [1.54, 1.807) is 0 Å². The van der Waals surface area contributed by atoms with Crippen molar-refractivity contribution in [2.45, 2.75) is 25.3 Å². The standard InChI is InChI=1S/C13H16N2O4/c1-19-13(18)10-4-2-3-7-15(10)12(17)9-5-6-14-11(16)8-9/h5-6,8,10H,2-4,7H2,1H3,(H,14,16)/t10-/m1/s1. The Bertz CT molecular complexity index is 537. The van der Waals surface area contributed by atoms with Crippen LogP contribution in [0.1, 0.15) is 29.6 Å². The summed E-state index contributed by atoms with van der Waals surface area (Å²) in [7, 11) is 1.31. The first-order valence-electron chi connectivity index (χ1n) is 6.21. The van der Waals surface area contributed by atoms with Gasteiger partial charge in [0.25, 0.3) is 5.91 Å². The number of likely N-dealkylation sites (tertiary alicyclic amines) is 1. The summed E-state index contributed by atoms with van der Waals surface area (Å²) in [6.07, 6.45) is 3.76. The van der Waals surface area contributed by atoms with Crippen molar-refractivity contribution in [2.75, 3.05) is 13.7 Å². The van der Waals surface area contributed by atoms with Crippen molar-refractivity contribution in [3.8, 4) is 0 Å². The molecule has 0 bridgehead atoms. The smallest absolute Gasteiger partial charge is 0.328 e. The van der Waals surface area contributed by atoms with Crippen LogP contribution in [0.5, 0.6) is 0 Å². The van der Waals surface area contributed by atoms with E-state index in [0.29, 0.717) is 18.5 Å². The van der Waals surface area contributed by atoms with E-state index in [1.165, 1.54) is 30.3 Å². The summed E-state index contributed by atoms with van der Waals surface area (Å²) in [6, 6.07) is 2.23. The Kier molecular flexibility index (Phi) is 3.99. The number of H-pyrrole nitrogens is 1. The number of methoxy groups -OCH3 is 1. The lowest BCUT2D eigenvalue weighted by atomic mass is 10.0. The zero-order valence-corrected chi connectivity index (χ0v) is 10.7. The molecule has 0 aliphatic carbocycles. The predicted molar refractivity (Wildman–Crippen MR) is 67.8 cm³/mol. The fourth-order valence-electron chi connectivity index (χ4n) is 2.30. The number of pyridine rings is 1. The number of aromatic nitrogens is 1. The SMILES string of the molecule is COC(=O)[C@H]1CCCCN1C(=O)c1cc[nH]c(=O)c1. The lowest BCUT2D eigenvalue weighted by Crippen LogP contribution is -2.48. The van der Waals surface area contributed by atoms with E-state index >= 15 is 0 Å². The van der Waals surface area contributed by atoms with Gasteiger partial charge in [0.1, 0.15) is 6.04 Å². The van der Waals surface area contributed by atoms with Gasteiger partial charge in [0.15, 0.2) is 0 Å². The van der Waals surface area contributed by atoms with Crippen molar-refractivity contribution in [1.29, 1.82) is 0 Å². The van der Waals surface area contributed by atoms with Gasteiger partial charge in [-0.2, -0.15) is 0 Å². The monoisotopic (exact) mass is 264 g/mol. The summed E-state index contributed by atoms with van der Waals surface area (Å²) in [5, 5.41) is 0. The Balaban J connectivity index is 2.25. The maximum absolute atomic E-state index is 12.3. The number of amides is 1. The molecule has 102 valence electrons. The zero-order valence-electron chi connectivity index (χ0n) is 10.7. The number of esters is 1. The van der Waals surface area contributed by atoms with Crippen LogP contribution in [-0.4, -0.2) is 41.5 Å². The van der Waals surface area contributed by atoms with Crippen LogP contribution in [0.25, 0.3) is 0 Å². The van der Waals surface area contributed by atoms with Gasteiger partial charge in [-0.25, -0.2) is 4.79 Å². The summed E-state index contributed by atoms with van der Waals surface area (Å²) >= 11 is 0. The molecule has 2 heterocycles. The maximum Gasteiger partial charge on any atom is 0.328 e. The lowest BCUT2D eigenvalue weighted by Gasteiger charge is -2.33. The molecule has 1 aliphatic heterocycles. The van der Waals surface area contributed by atoms with Crippen molar-refractivity contribution in [3.63, 3.8) is 0 Å². The number of nitrogens with zero attached hydrogens (tertiary/aromatic N) is 1. The van der Waals surface area contributed by atoms with Crippen molar-refractivity contribution < 1.29 is 14.3 Å². The van der Waals surface area contributed by atoms with Crippen molar-refractivity contribution >= 4 is 11.9 Å². The molecule has 2 rings (SSSR count). The predicted octanol–water partition coefficient (Wildman–Crippen LogP) is 0.543. The molecular weight excluding hydrogens is 248 g/mol. The maximum atomic E-state index is 12.3. The lowest BCUT2D eigenvalue weighted by molar-refractivity contribution is -0.147. The normalized spacial score (nSPS) is 19.0. The van der Waals surface area contributed by atoms with E-state index < -0.39 is 12.0 Å². The van der Waals surface area contributed by atoms with E-state index in [2.05, 4.69) is 4.98 Å². The Morgan fingerprint density at radius 3 is 2.89 bits per heavy atom. The van der Waals surface area contributed by atoms with Crippen molar-refractivity contribution in [3.05, 3.63) is 34.2 Å². The number of rotatable bonds is 2. The summed E-state index contributed by atoms with van der Waals surface area (Å²) < 4.78 is 4.73. The number of ether oxygens (including phenoxy) is 1. The minimum atomic E-state index is -0.550. The van der Waals surface area contributed by atoms with Gasteiger partial charge in [0, 0.05) is 24.4 Å². The first kappa shape index (κ1) is 13.3. The average molecular weight is 264 g/mol. The number of hydrogen-bond donors (Lipinski definition) is 1. The Morgan fingerprint density at radius 2 is 2.21 bits per heavy atom. The fourth-order valence-corrected chi connectivity index (χ4v) is 2.30. The Labute approximate surface area is 110 Å². The molecule has 0 unspecified atom stereocenters. The molecule has 1 N–H and O–H groups in total. The van der Waals surface area contributed by atoms with Crippen LogP contribution in [0, 0.1) is 0 Å². The summed E-state index contributed by atoms with van der Waals surface area (Å²) in [5.41, 5.74) is -0.0444. The Hall–Kier alpha value is -2.11. The molecule has 1 amide bonds. The van der Waals surface area contributed by atoms with Gasteiger partial charge in [0.05, 0.1) is 7.11 Å². The van der Waals surface area contributed by atoms with Gasteiger partial charge < -0.3 is 14.6 Å². The highest BCUT2D eigenvalue weighted by Gasteiger charge is 2.33. The largest absolute Gasteiger partial charge is 0.467 e. The molecule has 1 atom stereocenters. The highest BCUT2D eigenvalue weighted by Crippen LogP contribution is 2.20. The van der Waals surface area contributed by atoms with Gasteiger partial charge in [-0.15, -0.1) is 0 Å². The highest BCUT2D eigenvalue weighted by molar-refractivity contribution is 5.96. The minimum Gasteiger partial charge on any atom is -0.467 e. The second-order valence-electron chi connectivity index (χ2n) is 4.47. The number of carbonyl (C=O) groups is 2. The number of aromatic amines is 1. The molecule has 1 fully saturated rings. The molecule has 0 aromatic carbocycles. The first-order chi connectivity index (χ1) is 9.13. The van der Waals surface area contributed by atoms with E-state index in [1.807, 2.05) is 0 Å². The van der Waals surface area contributed by atoms with Crippen LogP contribution in [-0.2, 0) is 9.53 Å². The summed E-state index contributed by atoms with van der Waals surface area (Å²) in [6.45, 7) is 0.505. The minimum absolute atomic E-state index is 0.291. The van der Waals surface area contributed by atoms with Crippen molar-refractivity contribution in [1.82, 2.24) is 9.88 Å². The second-order valence-corrected chi connectivity index (χ2v) is 4.47. The van der Waals surface area contributed by atoms with Crippen LogP contribution in [0.4, 0.5) is 0 Å². The topological polar surface area (TPSA) is 79.5 Å². The molecular formula is C13H16N2O4. The third-order valence-electron chi connectivity index (χ3n) is 3.26. The zero-order chi connectivity index (χ0) is 13.8. The van der Waals surface area contributed by atoms with E-state index in [9.17, 15) is 14.4 Å². The molecule has 6 nitrogen and oxygen atoms in total. The van der Waals surface area contributed by atoms with Gasteiger partial charge in [0.2, 0.25) is 5.56 Å². The van der Waals surface area contributed by atoms with E-state index in [0.717, 1.165) is 12.8 Å². The summed E-state index contributed by atoms with van der Waals surface area (Å²) in [5.74, 6) is -0.709. The molecule has 6 heteroatoms. The average Bonchev–Trinajstić information content (AvgIpc) is 2.45. The number of piperidine rings is 1. The second kappa shape index (κ2) is 5.69. The van der Waals surface area contributed by atoms with Crippen LogP contribution >= 0.6 is 0 Å². The third kappa shape index (κ3) is 2.83. The third-order valence-corrected chi connectivity index (χ3v) is 3.26. The molecule has 0 saturated carbocycles. The quantitative estimate of drug-likeness (QED) is 0.791. The molecule has 19 heavy (non-hydrogen) atoms. The van der Waals surface area contributed by atoms with Gasteiger partial charge in [-0.3, -0.25) is 9.59 Å². The Morgan fingerprint density at radius 1 is 1.42 bits per heavy atom. The van der Waals surface area contributed by atoms with E-state index in [-0.39, 0.29) is 11.5 Å². The van der Waals surface area contributed by atoms with Crippen LogP contribution in [0.2, 0.25) is 0 Å².